The van der Waals surface area contributed by atoms with E-state index in [1.807, 2.05) is 18.2 Å². The highest BCUT2D eigenvalue weighted by molar-refractivity contribution is 9.10. The van der Waals surface area contributed by atoms with Gasteiger partial charge in [-0.15, -0.1) is 0 Å². The van der Waals surface area contributed by atoms with Crippen LogP contribution in [-0.4, -0.2) is 15.1 Å². The largest absolute Gasteiger partial charge is 0.508 e. The Morgan fingerprint density at radius 2 is 2.00 bits per heavy atom. The summed E-state index contributed by atoms with van der Waals surface area (Å²) in [5.74, 6) is 0.941. The van der Waals surface area contributed by atoms with Crippen molar-refractivity contribution in [3.8, 4) is 17.1 Å². The number of H-pyrrole nitrogens is 1. The van der Waals surface area contributed by atoms with Crippen LogP contribution < -0.4 is 0 Å². The molecule has 0 aliphatic carbocycles. The zero-order chi connectivity index (χ0) is 12.7. The molecule has 2 aromatic carbocycles. The lowest BCUT2D eigenvalue weighted by molar-refractivity contribution is 0.476. The molecule has 0 fully saturated rings. The van der Waals surface area contributed by atoms with Gasteiger partial charge in [0, 0.05) is 16.1 Å². The molecule has 3 rings (SSSR count). The normalized spacial score (nSPS) is 11.0. The van der Waals surface area contributed by atoms with Gasteiger partial charge < -0.3 is 10.1 Å². The van der Waals surface area contributed by atoms with Gasteiger partial charge in [0.2, 0.25) is 0 Å². The third kappa shape index (κ3) is 1.98. The molecule has 0 atom stereocenters. The number of aromatic hydroxyl groups is 1. The first-order chi connectivity index (χ1) is 8.63. The molecule has 0 bridgehead atoms. The van der Waals surface area contributed by atoms with Gasteiger partial charge in [-0.1, -0.05) is 17.7 Å². The van der Waals surface area contributed by atoms with Crippen LogP contribution in [0.1, 0.15) is 0 Å². The molecule has 1 heterocycles. The van der Waals surface area contributed by atoms with Crippen molar-refractivity contribution in [2.75, 3.05) is 0 Å². The van der Waals surface area contributed by atoms with Gasteiger partial charge >= 0.3 is 0 Å². The minimum absolute atomic E-state index is 0.214. The molecule has 0 unspecified atom stereocenters. The van der Waals surface area contributed by atoms with Crippen molar-refractivity contribution in [2.45, 2.75) is 0 Å². The van der Waals surface area contributed by atoms with Gasteiger partial charge in [0.25, 0.3) is 0 Å². The van der Waals surface area contributed by atoms with Crippen molar-refractivity contribution >= 4 is 38.6 Å². The maximum absolute atomic E-state index is 9.42. The highest BCUT2D eigenvalue weighted by Gasteiger charge is 2.07. The Balaban J connectivity index is 2.16. The van der Waals surface area contributed by atoms with Crippen LogP contribution in [0.5, 0.6) is 5.75 Å². The molecule has 0 amide bonds. The number of aromatic amines is 1. The second-order valence-corrected chi connectivity index (χ2v) is 5.18. The summed E-state index contributed by atoms with van der Waals surface area (Å²) in [5.41, 5.74) is 2.50. The quantitative estimate of drug-likeness (QED) is 0.699. The van der Waals surface area contributed by atoms with Crippen LogP contribution in [0.4, 0.5) is 0 Å². The van der Waals surface area contributed by atoms with Crippen molar-refractivity contribution < 1.29 is 5.11 Å². The summed E-state index contributed by atoms with van der Waals surface area (Å²) in [6.07, 6.45) is 0. The van der Waals surface area contributed by atoms with E-state index in [-0.39, 0.29) is 5.75 Å². The lowest BCUT2D eigenvalue weighted by Gasteiger charge is -1.99. The highest BCUT2D eigenvalue weighted by Crippen LogP contribution is 2.29. The number of aromatic nitrogens is 2. The predicted octanol–water partition coefficient (Wildman–Crippen LogP) is 4.35. The number of phenols is 1. The van der Waals surface area contributed by atoms with Crippen molar-refractivity contribution in [2.24, 2.45) is 0 Å². The summed E-state index contributed by atoms with van der Waals surface area (Å²) in [4.78, 5) is 7.61. The number of nitrogens with one attached hydrogen (secondary N) is 1. The fraction of sp³-hybridized carbons (Fsp3) is 0. The van der Waals surface area contributed by atoms with E-state index < -0.39 is 0 Å². The number of hydrogen-bond acceptors (Lipinski definition) is 2. The molecule has 0 spiro atoms. The van der Waals surface area contributed by atoms with Crippen molar-refractivity contribution in [3.05, 3.63) is 45.9 Å². The Morgan fingerprint density at radius 3 is 2.78 bits per heavy atom. The summed E-state index contributed by atoms with van der Waals surface area (Å²) >= 11 is 9.41. The monoisotopic (exact) mass is 322 g/mol. The molecule has 0 aliphatic heterocycles. The average Bonchev–Trinajstić information content (AvgIpc) is 2.75. The van der Waals surface area contributed by atoms with Gasteiger partial charge in [0.15, 0.2) is 0 Å². The Hall–Kier alpha value is -1.52. The highest BCUT2D eigenvalue weighted by atomic mass is 79.9. The predicted molar refractivity (Wildman–Crippen MR) is 75.9 cm³/mol. The maximum atomic E-state index is 9.42. The number of phenolic OH excluding ortho intramolecular Hbond substituents is 1. The van der Waals surface area contributed by atoms with E-state index in [1.165, 1.54) is 0 Å². The Kier molecular flexibility index (Phi) is 2.76. The lowest BCUT2D eigenvalue weighted by Crippen LogP contribution is -1.80. The molecule has 0 saturated heterocycles. The van der Waals surface area contributed by atoms with Crippen molar-refractivity contribution in [3.63, 3.8) is 0 Å². The summed E-state index contributed by atoms with van der Waals surface area (Å²) in [5, 5.41) is 10.1. The molecule has 0 radical (unpaired) electrons. The smallest absolute Gasteiger partial charge is 0.138 e. The first-order valence-corrected chi connectivity index (χ1v) is 6.45. The van der Waals surface area contributed by atoms with E-state index in [0.717, 1.165) is 26.9 Å². The maximum Gasteiger partial charge on any atom is 0.138 e. The summed E-state index contributed by atoms with van der Waals surface area (Å²) < 4.78 is 0.849. The molecule has 90 valence electrons. The number of nitrogens with zero attached hydrogens (tertiary/aromatic N) is 1. The number of benzene rings is 2. The minimum atomic E-state index is 0.214. The molecule has 1 aromatic heterocycles. The summed E-state index contributed by atoms with van der Waals surface area (Å²) in [7, 11) is 0. The van der Waals surface area contributed by atoms with E-state index in [1.54, 1.807) is 18.2 Å². The molecule has 18 heavy (non-hydrogen) atoms. The molecule has 2 N–H and O–H groups in total. The van der Waals surface area contributed by atoms with Gasteiger partial charge in [-0.05, 0) is 40.2 Å². The number of fused-ring (bicyclic) bond motifs is 1. The number of imidazole rings is 1. The zero-order valence-corrected chi connectivity index (χ0v) is 11.5. The second kappa shape index (κ2) is 4.30. The van der Waals surface area contributed by atoms with Gasteiger partial charge in [-0.3, -0.25) is 0 Å². The van der Waals surface area contributed by atoms with Gasteiger partial charge in [0.05, 0.1) is 16.1 Å². The third-order valence-electron chi connectivity index (χ3n) is 2.66. The van der Waals surface area contributed by atoms with E-state index >= 15 is 0 Å². The van der Waals surface area contributed by atoms with Gasteiger partial charge in [0.1, 0.15) is 11.6 Å². The topological polar surface area (TPSA) is 48.9 Å². The molecular weight excluding hydrogens is 316 g/mol. The van der Waals surface area contributed by atoms with Crippen LogP contribution >= 0.6 is 27.5 Å². The SMILES string of the molecule is Oc1ccc2nc(-c3ccc(Br)c(Cl)c3)[nH]c2c1. The Bertz CT molecular complexity index is 739. The second-order valence-electron chi connectivity index (χ2n) is 3.92. The van der Waals surface area contributed by atoms with Crippen LogP contribution in [0.15, 0.2) is 40.9 Å². The zero-order valence-electron chi connectivity index (χ0n) is 9.11. The minimum Gasteiger partial charge on any atom is -0.508 e. The molecule has 3 aromatic rings. The number of hydrogen-bond donors (Lipinski definition) is 2. The van der Waals surface area contributed by atoms with Crippen molar-refractivity contribution in [1.29, 1.82) is 0 Å². The first-order valence-electron chi connectivity index (χ1n) is 5.27. The molecule has 0 saturated carbocycles. The fourth-order valence-corrected chi connectivity index (χ4v) is 2.20. The number of rotatable bonds is 1. The van der Waals surface area contributed by atoms with Crippen LogP contribution in [0.2, 0.25) is 5.02 Å². The van der Waals surface area contributed by atoms with Crippen LogP contribution in [-0.2, 0) is 0 Å². The van der Waals surface area contributed by atoms with Crippen LogP contribution in [0.3, 0.4) is 0 Å². The van der Waals surface area contributed by atoms with E-state index in [0.29, 0.717) is 5.02 Å². The Morgan fingerprint density at radius 1 is 1.17 bits per heavy atom. The number of halogens is 2. The molecule has 5 heteroatoms. The molecule has 3 nitrogen and oxygen atoms in total. The standard InChI is InChI=1S/C13H8BrClN2O/c14-9-3-1-7(5-10(9)15)13-16-11-4-2-8(18)6-12(11)17-13/h1-6,18H,(H,16,17). The Labute approximate surface area is 117 Å². The third-order valence-corrected chi connectivity index (χ3v) is 3.89. The summed E-state index contributed by atoms with van der Waals surface area (Å²) in [6, 6.07) is 10.7. The van der Waals surface area contributed by atoms with Gasteiger partial charge in [-0.25, -0.2) is 4.98 Å². The molecular formula is C13H8BrClN2O. The van der Waals surface area contributed by atoms with Crippen LogP contribution in [0.25, 0.3) is 22.4 Å². The van der Waals surface area contributed by atoms with E-state index in [9.17, 15) is 5.11 Å². The van der Waals surface area contributed by atoms with Gasteiger partial charge in [-0.2, -0.15) is 0 Å². The lowest BCUT2D eigenvalue weighted by atomic mass is 10.2. The summed E-state index contributed by atoms with van der Waals surface area (Å²) in [6.45, 7) is 0. The van der Waals surface area contributed by atoms with E-state index in [4.69, 9.17) is 11.6 Å². The van der Waals surface area contributed by atoms with Crippen LogP contribution in [0, 0.1) is 0 Å². The van der Waals surface area contributed by atoms with Crippen molar-refractivity contribution in [1.82, 2.24) is 9.97 Å². The molecule has 0 aliphatic rings. The van der Waals surface area contributed by atoms with E-state index in [2.05, 4.69) is 25.9 Å². The first kappa shape index (κ1) is 11.6. The average molecular weight is 324 g/mol. The fourth-order valence-electron chi connectivity index (χ4n) is 1.78.